The van der Waals surface area contributed by atoms with E-state index in [4.69, 9.17) is 0 Å². The molecule has 0 aliphatic heterocycles. The summed E-state index contributed by atoms with van der Waals surface area (Å²) in [6.45, 7) is 4.73. The molecule has 2 fully saturated rings. The molecule has 26 heavy (non-hydrogen) atoms. The van der Waals surface area contributed by atoms with Crippen LogP contribution in [0.15, 0.2) is 24.3 Å². The Balaban J connectivity index is 1.40. The molecule has 0 amide bonds. The first-order valence-corrected chi connectivity index (χ1v) is 11.9. The lowest BCUT2D eigenvalue weighted by atomic mass is 9.76. The standard InChI is InChI=1S/C26H42/c1-3-4-5-6-7-8-22-11-15-24(16-12-22)26-19-17-25(18-20-26)23-13-9-21(2)10-14-23/h17-24H,3-16H2,1-2H3/t21-,22-,23-,24-. The second-order valence-electron chi connectivity index (χ2n) is 9.54. The second kappa shape index (κ2) is 10.5. The van der Waals surface area contributed by atoms with Crippen molar-refractivity contribution in [1.29, 1.82) is 0 Å². The van der Waals surface area contributed by atoms with E-state index in [0.717, 1.165) is 23.7 Å². The van der Waals surface area contributed by atoms with E-state index >= 15 is 0 Å². The number of hydrogen-bond donors (Lipinski definition) is 0. The summed E-state index contributed by atoms with van der Waals surface area (Å²) >= 11 is 0. The highest BCUT2D eigenvalue weighted by Gasteiger charge is 2.23. The van der Waals surface area contributed by atoms with Crippen LogP contribution in [0.25, 0.3) is 0 Å². The molecule has 3 rings (SSSR count). The molecule has 0 nitrogen and oxygen atoms in total. The SMILES string of the molecule is CCCCCCC[C@H]1CC[C@H](c2ccc([C@H]3CC[C@H](C)CC3)cc2)CC1. The first kappa shape index (κ1) is 20.0. The summed E-state index contributed by atoms with van der Waals surface area (Å²) in [6, 6.07) is 9.89. The zero-order chi connectivity index (χ0) is 18.2. The molecule has 2 aliphatic carbocycles. The van der Waals surface area contributed by atoms with Gasteiger partial charge in [0.25, 0.3) is 0 Å². The van der Waals surface area contributed by atoms with Crippen molar-refractivity contribution in [2.24, 2.45) is 11.8 Å². The highest BCUT2D eigenvalue weighted by molar-refractivity contribution is 5.28. The van der Waals surface area contributed by atoms with E-state index in [1.807, 2.05) is 0 Å². The maximum atomic E-state index is 2.48. The minimum atomic E-state index is 0.837. The van der Waals surface area contributed by atoms with Gasteiger partial charge in [-0.2, -0.15) is 0 Å². The van der Waals surface area contributed by atoms with Gasteiger partial charge in [-0.05, 0) is 73.3 Å². The van der Waals surface area contributed by atoms with Crippen molar-refractivity contribution in [3.05, 3.63) is 35.4 Å². The Labute approximate surface area is 163 Å². The summed E-state index contributed by atoms with van der Waals surface area (Å²) in [5.41, 5.74) is 3.24. The number of unbranched alkanes of at least 4 members (excludes halogenated alkanes) is 4. The van der Waals surface area contributed by atoms with E-state index in [-0.39, 0.29) is 0 Å². The van der Waals surface area contributed by atoms with Crippen LogP contribution in [0, 0.1) is 11.8 Å². The lowest BCUT2D eigenvalue weighted by Gasteiger charge is -2.30. The van der Waals surface area contributed by atoms with Gasteiger partial charge in [-0.15, -0.1) is 0 Å². The van der Waals surface area contributed by atoms with Gasteiger partial charge in [0.1, 0.15) is 0 Å². The van der Waals surface area contributed by atoms with Crippen LogP contribution in [-0.2, 0) is 0 Å². The molecule has 0 aromatic heterocycles. The van der Waals surface area contributed by atoms with Gasteiger partial charge >= 0.3 is 0 Å². The van der Waals surface area contributed by atoms with Gasteiger partial charge in [0.15, 0.2) is 0 Å². The number of rotatable bonds is 8. The second-order valence-corrected chi connectivity index (χ2v) is 9.54. The Morgan fingerprint density at radius 1 is 0.654 bits per heavy atom. The molecule has 146 valence electrons. The first-order valence-electron chi connectivity index (χ1n) is 11.9. The minimum Gasteiger partial charge on any atom is -0.0654 e. The average Bonchev–Trinajstić information content (AvgIpc) is 2.69. The summed E-state index contributed by atoms with van der Waals surface area (Å²) in [6.07, 6.45) is 20.2. The van der Waals surface area contributed by atoms with E-state index < -0.39 is 0 Å². The Kier molecular flexibility index (Phi) is 8.08. The van der Waals surface area contributed by atoms with Gasteiger partial charge in [-0.25, -0.2) is 0 Å². The van der Waals surface area contributed by atoms with Crippen molar-refractivity contribution in [1.82, 2.24) is 0 Å². The molecule has 0 unspecified atom stereocenters. The lowest BCUT2D eigenvalue weighted by molar-refractivity contribution is 0.302. The van der Waals surface area contributed by atoms with E-state index in [0.29, 0.717) is 0 Å². The van der Waals surface area contributed by atoms with Crippen molar-refractivity contribution in [3.63, 3.8) is 0 Å². The van der Waals surface area contributed by atoms with Crippen LogP contribution in [0.4, 0.5) is 0 Å². The van der Waals surface area contributed by atoms with E-state index in [1.165, 1.54) is 89.9 Å². The third-order valence-electron chi connectivity index (χ3n) is 7.46. The predicted octanol–water partition coefficient (Wildman–Crippen LogP) is 8.61. The first-order chi connectivity index (χ1) is 12.8. The minimum absolute atomic E-state index is 0.837. The fraction of sp³-hybridized carbons (Fsp3) is 0.769. The maximum Gasteiger partial charge on any atom is -0.0162 e. The molecule has 0 spiro atoms. The van der Waals surface area contributed by atoms with Gasteiger partial charge in [-0.3, -0.25) is 0 Å². The smallest absolute Gasteiger partial charge is 0.0162 e. The molecule has 2 aliphatic rings. The Bertz CT molecular complexity index is 483. The van der Waals surface area contributed by atoms with E-state index in [1.54, 1.807) is 11.1 Å². The molecule has 0 heteroatoms. The molecule has 0 heterocycles. The summed E-state index contributed by atoms with van der Waals surface area (Å²) in [7, 11) is 0. The van der Waals surface area contributed by atoms with Gasteiger partial charge in [-0.1, -0.05) is 89.5 Å². The molecule has 2 saturated carbocycles. The van der Waals surface area contributed by atoms with Crippen LogP contribution in [0.5, 0.6) is 0 Å². The molecule has 0 bridgehead atoms. The van der Waals surface area contributed by atoms with E-state index in [2.05, 4.69) is 38.1 Å². The number of hydrogen-bond acceptors (Lipinski definition) is 0. The van der Waals surface area contributed by atoms with Crippen molar-refractivity contribution < 1.29 is 0 Å². The molecule has 0 N–H and O–H groups in total. The Hall–Kier alpha value is -0.780. The lowest BCUT2D eigenvalue weighted by Crippen LogP contribution is -2.14. The number of benzene rings is 1. The van der Waals surface area contributed by atoms with Crippen LogP contribution in [0.1, 0.15) is 127 Å². The third-order valence-corrected chi connectivity index (χ3v) is 7.46. The Morgan fingerprint density at radius 3 is 1.69 bits per heavy atom. The molecule has 1 aromatic rings. The Morgan fingerprint density at radius 2 is 1.15 bits per heavy atom. The predicted molar refractivity (Wildman–Crippen MR) is 115 cm³/mol. The fourth-order valence-corrected chi connectivity index (χ4v) is 5.45. The molecule has 0 atom stereocenters. The van der Waals surface area contributed by atoms with Crippen molar-refractivity contribution in [2.45, 2.75) is 116 Å². The largest absolute Gasteiger partial charge is 0.0654 e. The fourth-order valence-electron chi connectivity index (χ4n) is 5.45. The van der Waals surface area contributed by atoms with Gasteiger partial charge < -0.3 is 0 Å². The van der Waals surface area contributed by atoms with Gasteiger partial charge in [0, 0.05) is 0 Å². The highest BCUT2D eigenvalue weighted by Crippen LogP contribution is 2.39. The molecule has 1 aromatic carbocycles. The maximum absolute atomic E-state index is 2.48. The molecule has 0 saturated heterocycles. The zero-order valence-corrected chi connectivity index (χ0v) is 17.5. The van der Waals surface area contributed by atoms with E-state index in [9.17, 15) is 0 Å². The molecule has 0 radical (unpaired) electrons. The van der Waals surface area contributed by atoms with Crippen molar-refractivity contribution in [3.8, 4) is 0 Å². The normalized spacial score (nSPS) is 29.6. The summed E-state index contributed by atoms with van der Waals surface area (Å²) in [5.74, 6) is 3.65. The van der Waals surface area contributed by atoms with Crippen molar-refractivity contribution >= 4 is 0 Å². The van der Waals surface area contributed by atoms with Gasteiger partial charge in [0.05, 0.1) is 0 Å². The molecular formula is C26H42. The zero-order valence-electron chi connectivity index (χ0n) is 17.5. The molecular weight excluding hydrogens is 312 g/mol. The van der Waals surface area contributed by atoms with Crippen LogP contribution in [0.3, 0.4) is 0 Å². The van der Waals surface area contributed by atoms with Crippen LogP contribution in [-0.4, -0.2) is 0 Å². The third kappa shape index (κ3) is 5.86. The summed E-state index contributed by atoms with van der Waals surface area (Å²) < 4.78 is 0. The summed E-state index contributed by atoms with van der Waals surface area (Å²) in [4.78, 5) is 0. The average molecular weight is 355 g/mol. The van der Waals surface area contributed by atoms with Crippen LogP contribution in [0.2, 0.25) is 0 Å². The van der Waals surface area contributed by atoms with Crippen LogP contribution < -0.4 is 0 Å². The summed E-state index contributed by atoms with van der Waals surface area (Å²) in [5, 5.41) is 0. The van der Waals surface area contributed by atoms with Crippen LogP contribution >= 0.6 is 0 Å². The quantitative estimate of drug-likeness (QED) is 0.410. The van der Waals surface area contributed by atoms with Gasteiger partial charge in [0.2, 0.25) is 0 Å². The monoisotopic (exact) mass is 354 g/mol. The highest BCUT2D eigenvalue weighted by atomic mass is 14.3. The van der Waals surface area contributed by atoms with Crippen molar-refractivity contribution in [2.75, 3.05) is 0 Å². The topological polar surface area (TPSA) is 0 Å².